The number of hydrogen-bond donors (Lipinski definition) is 1. The highest BCUT2D eigenvalue weighted by Gasteiger charge is 2.46. The van der Waals surface area contributed by atoms with Crippen LogP contribution >= 0.6 is 0 Å². The molecule has 1 N–H and O–H groups in total. The van der Waals surface area contributed by atoms with E-state index in [9.17, 15) is 26.4 Å². The number of nitrogens with zero attached hydrogens (tertiary/aromatic N) is 1. The van der Waals surface area contributed by atoms with E-state index in [-0.39, 0.29) is 29.3 Å². The topological polar surface area (TPSA) is 81.3 Å². The summed E-state index contributed by atoms with van der Waals surface area (Å²) < 4.78 is 68.8. The van der Waals surface area contributed by atoms with Crippen LogP contribution in [0, 0.1) is 6.92 Å². The lowest BCUT2D eigenvalue weighted by molar-refractivity contribution is -0.0429. The van der Waals surface area contributed by atoms with Crippen molar-refractivity contribution in [2.24, 2.45) is 0 Å². The predicted octanol–water partition coefficient (Wildman–Crippen LogP) is 3.57. The minimum absolute atomic E-state index is 0.0598. The Hall–Kier alpha value is -2.23. The number of aromatic nitrogens is 1. The maximum Gasteiger partial charge on any atom is 0.516 e. The lowest BCUT2D eigenvalue weighted by Gasteiger charge is -2.14. The molecule has 1 unspecified atom stereocenters. The molecule has 0 saturated carbocycles. The molecule has 0 saturated heterocycles. The van der Waals surface area contributed by atoms with Crippen LogP contribution in [0.25, 0.3) is 0 Å². The maximum atomic E-state index is 12.6. The fraction of sp³-hybridized carbons (Fsp3) is 0.438. The Balaban J connectivity index is 2.42. The predicted molar refractivity (Wildman–Crippen MR) is 90.6 cm³/mol. The van der Waals surface area contributed by atoms with Gasteiger partial charge in [-0.15, -0.1) is 0 Å². The number of anilines is 1. The van der Waals surface area contributed by atoms with E-state index in [4.69, 9.17) is 4.52 Å². The molecule has 0 aliphatic rings. The molecular formula is C16H19F3N2O4S. The van der Waals surface area contributed by atoms with Crippen LogP contribution in [0.4, 0.5) is 18.9 Å². The highest BCUT2D eigenvalue weighted by molar-refractivity contribution is 7.93. The van der Waals surface area contributed by atoms with Gasteiger partial charge in [0.05, 0.1) is 23.0 Å². The zero-order valence-corrected chi connectivity index (χ0v) is 15.2. The van der Waals surface area contributed by atoms with E-state index in [1.54, 1.807) is 13.0 Å². The van der Waals surface area contributed by atoms with Crippen molar-refractivity contribution in [3.8, 4) is 0 Å². The van der Waals surface area contributed by atoms with Crippen molar-refractivity contribution in [1.29, 1.82) is 0 Å². The van der Waals surface area contributed by atoms with E-state index in [1.807, 2.05) is 13.8 Å². The van der Waals surface area contributed by atoms with Crippen LogP contribution in [-0.2, 0) is 16.4 Å². The van der Waals surface area contributed by atoms with Gasteiger partial charge in [0.15, 0.2) is 0 Å². The third-order valence-corrected chi connectivity index (χ3v) is 5.22. The lowest BCUT2D eigenvalue weighted by Crippen LogP contribution is -2.30. The van der Waals surface area contributed by atoms with Gasteiger partial charge < -0.3 is 4.52 Å². The monoisotopic (exact) mass is 392 g/mol. The summed E-state index contributed by atoms with van der Waals surface area (Å²) in [6, 6.07) is 5.55. The standard InChI is InChI=1S/C16H19F3N2O4S/c1-4-10(2)21-11(3)13(15(22)25-21)9-12-7-5-6-8-14(12)20-26(23,24)16(17,18)19/h5-8,10,20H,4,9H2,1-3H3. The van der Waals surface area contributed by atoms with Crippen molar-refractivity contribution in [3.05, 3.63) is 51.5 Å². The van der Waals surface area contributed by atoms with Crippen LogP contribution in [-0.4, -0.2) is 18.7 Å². The van der Waals surface area contributed by atoms with Gasteiger partial charge in [-0.05, 0) is 31.9 Å². The molecule has 0 radical (unpaired) electrons. The van der Waals surface area contributed by atoms with E-state index in [0.717, 1.165) is 6.42 Å². The van der Waals surface area contributed by atoms with Crippen molar-refractivity contribution in [2.75, 3.05) is 4.72 Å². The highest BCUT2D eigenvalue weighted by Crippen LogP contribution is 2.28. The molecule has 0 spiro atoms. The molecule has 26 heavy (non-hydrogen) atoms. The first-order chi connectivity index (χ1) is 12.0. The Morgan fingerprint density at radius 3 is 2.46 bits per heavy atom. The second-order valence-corrected chi connectivity index (χ2v) is 7.58. The van der Waals surface area contributed by atoms with Gasteiger partial charge >= 0.3 is 21.2 Å². The smallest absolute Gasteiger partial charge is 0.336 e. The number of sulfonamides is 1. The Morgan fingerprint density at radius 1 is 1.27 bits per heavy atom. The summed E-state index contributed by atoms with van der Waals surface area (Å²) in [6.45, 7) is 5.46. The summed E-state index contributed by atoms with van der Waals surface area (Å²) >= 11 is 0. The maximum absolute atomic E-state index is 12.6. The molecule has 6 nitrogen and oxygen atoms in total. The van der Waals surface area contributed by atoms with Gasteiger partial charge in [0.25, 0.3) is 0 Å². The summed E-state index contributed by atoms with van der Waals surface area (Å²) in [6.07, 6.45) is 0.661. The SMILES string of the molecule is CCC(C)n1oc(=O)c(Cc2ccccc2NS(=O)(=O)C(F)(F)F)c1C. The first-order valence-corrected chi connectivity index (χ1v) is 9.34. The molecule has 1 atom stereocenters. The second-order valence-electron chi connectivity index (χ2n) is 5.91. The van der Waals surface area contributed by atoms with Gasteiger partial charge in [0, 0.05) is 6.42 Å². The molecule has 0 fully saturated rings. The van der Waals surface area contributed by atoms with Crippen molar-refractivity contribution in [2.45, 2.75) is 45.2 Å². The zero-order chi connectivity index (χ0) is 19.7. The van der Waals surface area contributed by atoms with Crippen molar-refractivity contribution >= 4 is 15.7 Å². The van der Waals surface area contributed by atoms with Gasteiger partial charge in [-0.25, -0.2) is 9.53 Å². The first kappa shape index (κ1) is 20.1. The first-order valence-electron chi connectivity index (χ1n) is 7.86. The van der Waals surface area contributed by atoms with E-state index >= 15 is 0 Å². The van der Waals surface area contributed by atoms with Gasteiger partial charge in [-0.2, -0.15) is 21.6 Å². The number of rotatable bonds is 6. The van der Waals surface area contributed by atoms with Crippen LogP contribution in [0.1, 0.15) is 43.1 Å². The molecule has 0 aliphatic carbocycles. The van der Waals surface area contributed by atoms with Gasteiger partial charge in [0.1, 0.15) is 0 Å². The molecule has 0 bridgehead atoms. The fourth-order valence-corrected chi connectivity index (χ4v) is 3.05. The average Bonchev–Trinajstić information content (AvgIpc) is 2.82. The molecule has 2 rings (SSSR count). The molecule has 1 heterocycles. The second kappa shape index (κ2) is 7.18. The quantitative estimate of drug-likeness (QED) is 0.815. The minimum Gasteiger partial charge on any atom is -0.336 e. The van der Waals surface area contributed by atoms with E-state index in [2.05, 4.69) is 0 Å². The summed E-state index contributed by atoms with van der Waals surface area (Å²) in [5, 5.41) is 0. The molecular weight excluding hydrogens is 373 g/mol. The Labute approximate surface area is 148 Å². The van der Waals surface area contributed by atoms with Crippen molar-refractivity contribution in [3.63, 3.8) is 0 Å². The zero-order valence-electron chi connectivity index (χ0n) is 14.4. The van der Waals surface area contributed by atoms with E-state index < -0.39 is 21.2 Å². The van der Waals surface area contributed by atoms with Gasteiger partial charge in [-0.1, -0.05) is 25.1 Å². The van der Waals surface area contributed by atoms with Crippen molar-refractivity contribution < 1.29 is 26.1 Å². The molecule has 1 aromatic carbocycles. The summed E-state index contributed by atoms with van der Waals surface area (Å²) in [5.74, 6) is 0. The Kier molecular flexibility index (Phi) is 5.55. The molecule has 2 aromatic rings. The lowest BCUT2D eigenvalue weighted by atomic mass is 10.0. The Morgan fingerprint density at radius 2 is 1.88 bits per heavy atom. The third-order valence-electron chi connectivity index (χ3n) is 4.12. The molecule has 144 valence electrons. The number of benzene rings is 1. The van der Waals surface area contributed by atoms with Crippen LogP contribution in [0.15, 0.2) is 33.6 Å². The average molecular weight is 392 g/mol. The van der Waals surface area contributed by atoms with Crippen molar-refractivity contribution in [1.82, 2.24) is 4.74 Å². The number of alkyl halides is 3. The molecule has 10 heteroatoms. The summed E-state index contributed by atoms with van der Waals surface area (Å²) in [5.41, 5.74) is -5.22. The van der Waals surface area contributed by atoms with Crippen LogP contribution in [0.5, 0.6) is 0 Å². The molecule has 1 aromatic heterocycles. The normalized spacial score (nSPS) is 13.6. The number of hydrogen-bond acceptors (Lipinski definition) is 4. The van der Waals surface area contributed by atoms with Crippen LogP contribution < -0.4 is 10.3 Å². The number of halogens is 3. The third kappa shape index (κ3) is 3.95. The summed E-state index contributed by atoms with van der Waals surface area (Å²) in [7, 11) is -5.55. The fourth-order valence-electron chi connectivity index (χ4n) is 2.45. The van der Waals surface area contributed by atoms with Crippen LogP contribution in [0.2, 0.25) is 0 Å². The Bertz CT molecular complexity index is 945. The van der Waals surface area contributed by atoms with E-state index in [0.29, 0.717) is 5.69 Å². The number of para-hydroxylation sites is 1. The largest absolute Gasteiger partial charge is 0.516 e. The minimum atomic E-state index is -5.55. The van der Waals surface area contributed by atoms with Crippen LogP contribution in [0.3, 0.4) is 0 Å². The molecule has 0 aliphatic heterocycles. The highest BCUT2D eigenvalue weighted by atomic mass is 32.2. The summed E-state index contributed by atoms with van der Waals surface area (Å²) in [4.78, 5) is 12.1. The number of nitrogens with one attached hydrogen (secondary N) is 1. The van der Waals surface area contributed by atoms with Gasteiger partial charge in [-0.3, -0.25) is 4.72 Å². The van der Waals surface area contributed by atoms with E-state index in [1.165, 1.54) is 27.7 Å². The van der Waals surface area contributed by atoms with Gasteiger partial charge in [0.2, 0.25) is 0 Å². The molecule has 0 amide bonds.